The van der Waals surface area contributed by atoms with Crippen molar-refractivity contribution < 1.29 is 18.8 Å². The summed E-state index contributed by atoms with van der Waals surface area (Å²) in [5, 5.41) is 8.51. The highest BCUT2D eigenvalue weighted by molar-refractivity contribution is 7.85. The van der Waals surface area contributed by atoms with Crippen LogP contribution < -0.4 is 0 Å². The number of carboxylic acid groups (broad SMARTS) is 1. The maximum Gasteiger partial charge on any atom is 0.304 e. The fraction of sp³-hybridized carbons (Fsp3) is 0.909. The van der Waals surface area contributed by atoms with Gasteiger partial charge in [-0.3, -0.25) is 13.9 Å². The van der Waals surface area contributed by atoms with Crippen molar-refractivity contribution in [1.82, 2.24) is 4.90 Å². The van der Waals surface area contributed by atoms with Gasteiger partial charge in [-0.25, -0.2) is 0 Å². The number of ether oxygens (including phenoxy) is 1. The Morgan fingerprint density at radius 2 is 2.29 bits per heavy atom. The Labute approximate surface area is 105 Å². The van der Waals surface area contributed by atoms with Crippen molar-refractivity contribution in [2.24, 2.45) is 0 Å². The molecule has 0 aromatic carbocycles. The van der Waals surface area contributed by atoms with E-state index in [1.54, 1.807) is 0 Å². The van der Waals surface area contributed by atoms with Crippen LogP contribution in [0.5, 0.6) is 0 Å². The van der Waals surface area contributed by atoms with Crippen LogP contribution in [0.4, 0.5) is 0 Å². The van der Waals surface area contributed by atoms with E-state index in [0.29, 0.717) is 18.4 Å². The smallest absolute Gasteiger partial charge is 0.304 e. The summed E-state index contributed by atoms with van der Waals surface area (Å²) in [4.78, 5) is 12.7. The van der Waals surface area contributed by atoms with Gasteiger partial charge >= 0.3 is 5.97 Å². The summed E-state index contributed by atoms with van der Waals surface area (Å²) < 4.78 is 17.2. The zero-order valence-electron chi connectivity index (χ0n) is 10.4. The molecule has 6 heteroatoms. The number of morpholine rings is 1. The number of aliphatic carboxylic acids is 1. The quantitative estimate of drug-likeness (QED) is 0.747. The molecule has 0 radical (unpaired) electrons. The second-order valence-electron chi connectivity index (χ2n) is 4.54. The highest BCUT2D eigenvalue weighted by Crippen LogP contribution is 2.10. The fourth-order valence-electron chi connectivity index (χ4n) is 1.80. The first-order valence-electron chi connectivity index (χ1n) is 5.91. The largest absolute Gasteiger partial charge is 0.481 e. The predicted molar refractivity (Wildman–Crippen MR) is 66.6 cm³/mol. The summed E-state index contributed by atoms with van der Waals surface area (Å²) in [6, 6.07) is 0.467. The lowest BCUT2D eigenvalue weighted by atomic mass is 10.2. The number of hydrogen-bond acceptors (Lipinski definition) is 4. The van der Waals surface area contributed by atoms with E-state index in [0.717, 1.165) is 13.1 Å². The second kappa shape index (κ2) is 7.08. The summed E-state index contributed by atoms with van der Waals surface area (Å²) in [7, 11) is -1.10. The standard InChI is InChI=1S/C11H21NO4S/c1-9(2)12-4-5-16-10(7-12)8-17(15)6-3-11(13)14/h9-10H,3-8H2,1-2H3,(H,13,14). The zero-order valence-corrected chi connectivity index (χ0v) is 11.2. The van der Waals surface area contributed by atoms with Crippen LogP contribution in [0.15, 0.2) is 0 Å². The van der Waals surface area contributed by atoms with Crippen LogP contribution in [0.25, 0.3) is 0 Å². The number of nitrogens with zero attached hydrogens (tertiary/aromatic N) is 1. The fourth-order valence-corrected chi connectivity index (χ4v) is 2.99. The van der Waals surface area contributed by atoms with Gasteiger partial charge in [-0.1, -0.05) is 0 Å². The number of rotatable bonds is 6. The van der Waals surface area contributed by atoms with Gasteiger partial charge in [0, 0.05) is 35.7 Å². The Hall–Kier alpha value is -0.460. The molecule has 1 aliphatic heterocycles. The third kappa shape index (κ3) is 5.61. The van der Waals surface area contributed by atoms with Crippen molar-refractivity contribution in [1.29, 1.82) is 0 Å². The normalized spacial score (nSPS) is 23.8. The Morgan fingerprint density at radius 1 is 1.59 bits per heavy atom. The van der Waals surface area contributed by atoms with Crippen LogP contribution >= 0.6 is 0 Å². The molecule has 0 bridgehead atoms. The molecule has 2 atom stereocenters. The predicted octanol–water partition coefficient (Wildman–Crippen LogP) is 0.319. The van der Waals surface area contributed by atoms with Crippen molar-refractivity contribution in [3.8, 4) is 0 Å². The Kier molecular flexibility index (Phi) is 6.08. The maximum atomic E-state index is 11.6. The molecule has 0 saturated carbocycles. The summed E-state index contributed by atoms with van der Waals surface area (Å²) in [5.74, 6) is -0.236. The van der Waals surface area contributed by atoms with Gasteiger partial charge in [0.1, 0.15) is 0 Å². The van der Waals surface area contributed by atoms with E-state index in [4.69, 9.17) is 9.84 Å². The molecule has 0 aromatic heterocycles. The number of carbonyl (C=O) groups is 1. The lowest BCUT2D eigenvalue weighted by molar-refractivity contribution is -0.136. The molecular weight excluding hydrogens is 242 g/mol. The third-order valence-electron chi connectivity index (χ3n) is 2.82. The molecule has 2 unspecified atom stereocenters. The minimum atomic E-state index is -1.10. The SMILES string of the molecule is CC(C)N1CCOC(CS(=O)CCC(=O)O)C1. The van der Waals surface area contributed by atoms with Crippen molar-refractivity contribution in [3.05, 3.63) is 0 Å². The highest BCUT2D eigenvalue weighted by atomic mass is 32.2. The van der Waals surface area contributed by atoms with E-state index in [9.17, 15) is 9.00 Å². The molecule has 0 aliphatic carbocycles. The van der Waals surface area contributed by atoms with Crippen molar-refractivity contribution >= 4 is 16.8 Å². The summed E-state index contributed by atoms with van der Waals surface area (Å²) in [6.07, 6.45) is -0.0616. The molecular formula is C11H21NO4S. The molecule has 100 valence electrons. The Morgan fingerprint density at radius 3 is 2.88 bits per heavy atom. The van der Waals surface area contributed by atoms with Gasteiger partial charge in [0.15, 0.2) is 0 Å². The molecule has 1 fully saturated rings. The van der Waals surface area contributed by atoms with Crippen molar-refractivity contribution in [2.45, 2.75) is 32.4 Å². The molecule has 17 heavy (non-hydrogen) atoms. The van der Waals surface area contributed by atoms with E-state index in [2.05, 4.69) is 18.7 Å². The molecule has 0 aromatic rings. The lowest BCUT2D eigenvalue weighted by Gasteiger charge is -2.35. The molecule has 1 saturated heterocycles. The average Bonchev–Trinajstić information content (AvgIpc) is 2.26. The lowest BCUT2D eigenvalue weighted by Crippen LogP contribution is -2.47. The number of hydrogen-bond donors (Lipinski definition) is 1. The van der Waals surface area contributed by atoms with Crippen LogP contribution in [-0.2, 0) is 20.3 Å². The van der Waals surface area contributed by atoms with Gasteiger partial charge < -0.3 is 9.84 Å². The summed E-state index contributed by atoms with van der Waals surface area (Å²) in [6.45, 7) is 6.62. The van der Waals surface area contributed by atoms with Crippen molar-refractivity contribution in [3.63, 3.8) is 0 Å². The minimum absolute atomic E-state index is 0.0271. The van der Waals surface area contributed by atoms with Gasteiger partial charge in [0.05, 0.1) is 24.9 Å². The highest BCUT2D eigenvalue weighted by Gasteiger charge is 2.23. The van der Waals surface area contributed by atoms with Crippen LogP contribution in [0.2, 0.25) is 0 Å². The van der Waals surface area contributed by atoms with Gasteiger partial charge in [0.25, 0.3) is 0 Å². The van der Waals surface area contributed by atoms with Gasteiger partial charge in [-0.05, 0) is 13.8 Å². The van der Waals surface area contributed by atoms with E-state index < -0.39 is 16.8 Å². The molecule has 1 aliphatic rings. The monoisotopic (exact) mass is 263 g/mol. The van der Waals surface area contributed by atoms with E-state index in [1.165, 1.54) is 0 Å². The van der Waals surface area contributed by atoms with Crippen molar-refractivity contribution in [2.75, 3.05) is 31.2 Å². The van der Waals surface area contributed by atoms with E-state index in [1.807, 2.05) is 0 Å². The molecule has 0 amide bonds. The first-order valence-corrected chi connectivity index (χ1v) is 7.40. The van der Waals surface area contributed by atoms with Gasteiger partial charge in [-0.15, -0.1) is 0 Å². The zero-order chi connectivity index (χ0) is 12.8. The first kappa shape index (κ1) is 14.6. The third-order valence-corrected chi connectivity index (χ3v) is 4.22. The van der Waals surface area contributed by atoms with E-state index >= 15 is 0 Å². The first-order chi connectivity index (χ1) is 7.99. The molecule has 1 heterocycles. The Balaban J connectivity index is 2.30. The number of carboxylic acids is 1. The van der Waals surface area contributed by atoms with Gasteiger partial charge in [-0.2, -0.15) is 0 Å². The topological polar surface area (TPSA) is 66.8 Å². The van der Waals surface area contributed by atoms with Crippen LogP contribution in [-0.4, -0.2) is 63.5 Å². The van der Waals surface area contributed by atoms with E-state index in [-0.39, 0.29) is 18.3 Å². The minimum Gasteiger partial charge on any atom is -0.481 e. The summed E-state index contributed by atoms with van der Waals surface area (Å²) >= 11 is 0. The molecule has 1 N–H and O–H groups in total. The molecule has 5 nitrogen and oxygen atoms in total. The summed E-state index contributed by atoms with van der Waals surface area (Å²) in [5.41, 5.74) is 0. The second-order valence-corrected chi connectivity index (χ2v) is 6.16. The van der Waals surface area contributed by atoms with Crippen LogP contribution in [0.1, 0.15) is 20.3 Å². The Bertz CT molecular complexity index is 283. The van der Waals surface area contributed by atoms with Crippen LogP contribution in [0, 0.1) is 0 Å². The van der Waals surface area contributed by atoms with Gasteiger partial charge in [0.2, 0.25) is 0 Å². The average molecular weight is 263 g/mol. The molecule has 1 rings (SSSR count). The van der Waals surface area contributed by atoms with Crippen LogP contribution in [0.3, 0.4) is 0 Å². The maximum absolute atomic E-state index is 11.6. The molecule has 0 spiro atoms.